The van der Waals surface area contributed by atoms with E-state index in [0.29, 0.717) is 36.5 Å². The number of carbonyl (C=O) groups excluding carboxylic acids is 1. The van der Waals surface area contributed by atoms with Gasteiger partial charge in [-0.05, 0) is 25.0 Å². The Bertz CT molecular complexity index is 890. The van der Waals surface area contributed by atoms with Crippen LogP contribution in [0.5, 0.6) is 0 Å². The van der Waals surface area contributed by atoms with Crippen molar-refractivity contribution in [2.75, 3.05) is 6.54 Å². The van der Waals surface area contributed by atoms with Gasteiger partial charge in [0.1, 0.15) is 5.58 Å². The van der Waals surface area contributed by atoms with Crippen LogP contribution in [0.3, 0.4) is 0 Å². The highest BCUT2D eigenvalue weighted by molar-refractivity contribution is 5.81. The Kier molecular flexibility index (Phi) is 3.36. The molecule has 1 saturated carbocycles. The van der Waals surface area contributed by atoms with Crippen LogP contribution in [-0.4, -0.2) is 33.5 Å². The molecule has 6 heteroatoms. The zero-order valence-corrected chi connectivity index (χ0v) is 13.9. The van der Waals surface area contributed by atoms with Crippen molar-refractivity contribution in [2.24, 2.45) is 0 Å². The van der Waals surface area contributed by atoms with Crippen LogP contribution in [0, 0.1) is 0 Å². The second kappa shape index (κ2) is 5.72. The Morgan fingerprint density at radius 1 is 1.16 bits per heavy atom. The summed E-state index contributed by atoms with van der Waals surface area (Å²) in [5, 5.41) is 5.07. The summed E-state index contributed by atoms with van der Waals surface area (Å²) >= 11 is 0. The summed E-state index contributed by atoms with van der Waals surface area (Å²) in [5.41, 5.74) is 0.798. The Morgan fingerprint density at radius 3 is 2.84 bits per heavy atom. The quantitative estimate of drug-likeness (QED) is 0.728. The van der Waals surface area contributed by atoms with Crippen LogP contribution in [-0.2, 0) is 4.79 Å². The lowest BCUT2D eigenvalue weighted by molar-refractivity contribution is -0.129. The molecular formula is C19H19N3O3. The van der Waals surface area contributed by atoms with E-state index >= 15 is 0 Å². The zero-order valence-electron chi connectivity index (χ0n) is 13.9. The van der Waals surface area contributed by atoms with Crippen LogP contribution in [0.4, 0.5) is 0 Å². The molecular weight excluding hydrogens is 318 g/mol. The van der Waals surface area contributed by atoms with Gasteiger partial charge in [0.25, 0.3) is 0 Å². The van der Waals surface area contributed by atoms with Gasteiger partial charge in [0.15, 0.2) is 5.76 Å². The highest BCUT2D eigenvalue weighted by Gasteiger charge is 2.38. The van der Waals surface area contributed by atoms with Crippen molar-refractivity contribution in [3.8, 4) is 11.6 Å². The van der Waals surface area contributed by atoms with Gasteiger partial charge in [-0.25, -0.2) is 0 Å². The third-order valence-electron chi connectivity index (χ3n) is 5.36. The fourth-order valence-electron chi connectivity index (χ4n) is 4.06. The number of rotatable bonds is 3. The molecule has 1 amide bonds. The van der Waals surface area contributed by atoms with E-state index in [1.807, 2.05) is 35.2 Å². The summed E-state index contributed by atoms with van der Waals surface area (Å²) in [7, 11) is 0. The maximum atomic E-state index is 12.4. The van der Waals surface area contributed by atoms with E-state index in [4.69, 9.17) is 8.94 Å². The highest BCUT2D eigenvalue weighted by atomic mass is 16.5. The number of amides is 1. The first-order valence-corrected chi connectivity index (χ1v) is 8.90. The van der Waals surface area contributed by atoms with Crippen LogP contribution < -0.4 is 0 Å². The van der Waals surface area contributed by atoms with Crippen LogP contribution in [0.2, 0.25) is 0 Å². The molecule has 1 atom stereocenters. The molecule has 128 valence electrons. The number of para-hydroxylation sites is 1. The molecule has 1 saturated heterocycles. The smallest absolute Gasteiger partial charge is 0.238 e. The first-order chi connectivity index (χ1) is 12.3. The van der Waals surface area contributed by atoms with Crippen molar-refractivity contribution < 1.29 is 13.7 Å². The number of hydrogen-bond acceptors (Lipinski definition) is 5. The third-order valence-corrected chi connectivity index (χ3v) is 5.36. The fourth-order valence-corrected chi connectivity index (χ4v) is 4.06. The fraction of sp³-hybridized carbons (Fsp3) is 0.421. The van der Waals surface area contributed by atoms with Crippen LogP contribution in [0.1, 0.15) is 43.9 Å². The van der Waals surface area contributed by atoms with Gasteiger partial charge in [0.2, 0.25) is 17.6 Å². The molecule has 0 N–H and O–H groups in total. The number of aromatic nitrogens is 2. The largest absolute Gasteiger partial charge is 0.453 e. The number of furan rings is 1. The molecule has 0 spiro atoms. The molecule has 2 aliphatic rings. The van der Waals surface area contributed by atoms with Gasteiger partial charge in [-0.1, -0.05) is 36.2 Å². The van der Waals surface area contributed by atoms with Crippen molar-refractivity contribution in [1.82, 2.24) is 15.0 Å². The summed E-state index contributed by atoms with van der Waals surface area (Å²) < 4.78 is 11.2. The summed E-state index contributed by atoms with van der Waals surface area (Å²) in [6.07, 6.45) is 5.13. The van der Waals surface area contributed by atoms with E-state index in [-0.39, 0.29) is 11.8 Å². The summed E-state index contributed by atoms with van der Waals surface area (Å²) in [5.74, 6) is 1.76. The molecule has 25 heavy (non-hydrogen) atoms. The predicted molar refractivity (Wildman–Crippen MR) is 90.8 cm³/mol. The minimum atomic E-state index is -0.0151. The van der Waals surface area contributed by atoms with E-state index in [2.05, 4.69) is 10.1 Å². The lowest BCUT2D eigenvalue weighted by Gasteiger charge is -2.23. The molecule has 0 radical (unpaired) electrons. The standard InChI is InChI=1S/C19H19N3O3/c23-17-10-13(11-22(17)14-6-2-3-7-14)19-20-18(21-25-19)16-9-12-5-1-4-8-15(12)24-16/h1,4-5,8-9,13-14H,2-3,6-7,10-11H2/t13-/m0/s1. The predicted octanol–water partition coefficient (Wildman–Crippen LogP) is 3.74. The zero-order chi connectivity index (χ0) is 16.8. The van der Waals surface area contributed by atoms with Crippen molar-refractivity contribution >= 4 is 16.9 Å². The Hall–Kier alpha value is -2.63. The molecule has 0 bridgehead atoms. The van der Waals surface area contributed by atoms with E-state index in [9.17, 15) is 4.79 Å². The topological polar surface area (TPSA) is 72.4 Å². The monoisotopic (exact) mass is 337 g/mol. The third kappa shape index (κ3) is 2.52. The molecule has 2 fully saturated rings. The summed E-state index contributed by atoms with van der Waals surface area (Å²) in [6.45, 7) is 0.686. The second-order valence-corrected chi connectivity index (χ2v) is 6.99. The van der Waals surface area contributed by atoms with Gasteiger partial charge in [0, 0.05) is 24.4 Å². The van der Waals surface area contributed by atoms with E-state index in [0.717, 1.165) is 23.8 Å². The molecule has 1 aromatic carbocycles. The number of likely N-dealkylation sites (tertiary alicyclic amines) is 1. The average molecular weight is 337 g/mol. The number of fused-ring (bicyclic) bond motifs is 1. The average Bonchev–Trinajstić information content (AvgIpc) is 3.39. The van der Waals surface area contributed by atoms with Crippen molar-refractivity contribution in [3.05, 3.63) is 36.2 Å². The second-order valence-electron chi connectivity index (χ2n) is 6.99. The molecule has 2 aromatic heterocycles. The van der Waals surface area contributed by atoms with Crippen LogP contribution in [0.15, 0.2) is 39.3 Å². The minimum Gasteiger partial charge on any atom is -0.453 e. The Labute approximate surface area is 144 Å². The van der Waals surface area contributed by atoms with Crippen LogP contribution in [0.25, 0.3) is 22.6 Å². The van der Waals surface area contributed by atoms with E-state index < -0.39 is 0 Å². The Morgan fingerprint density at radius 2 is 2.00 bits per heavy atom. The molecule has 3 aromatic rings. The number of hydrogen-bond donors (Lipinski definition) is 0. The number of carbonyl (C=O) groups is 1. The maximum Gasteiger partial charge on any atom is 0.238 e. The summed E-state index contributed by atoms with van der Waals surface area (Å²) in [6, 6.07) is 10.1. The molecule has 0 unspecified atom stereocenters. The minimum absolute atomic E-state index is 0.0151. The maximum absolute atomic E-state index is 12.4. The SMILES string of the molecule is O=C1C[C@H](c2nc(-c3cc4ccccc4o3)no2)CN1C1CCCC1. The van der Waals surface area contributed by atoms with Gasteiger partial charge in [-0.15, -0.1) is 0 Å². The van der Waals surface area contributed by atoms with Gasteiger partial charge >= 0.3 is 0 Å². The van der Waals surface area contributed by atoms with Crippen molar-refractivity contribution in [3.63, 3.8) is 0 Å². The molecule has 1 aliphatic carbocycles. The molecule has 1 aliphatic heterocycles. The first kappa shape index (κ1) is 14.7. The van der Waals surface area contributed by atoms with E-state index in [1.165, 1.54) is 12.8 Å². The summed E-state index contributed by atoms with van der Waals surface area (Å²) in [4.78, 5) is 18.9. The lowest BCUT2D eigenvalue weighted by atomic mass is 10.1. The van der Waals surface area contributed by atoms with Crippen LogP contribution >= 0.6 is 0 Å². The number of nitrogens with zero attached hydrogens (tertiary/aromatic N) is 3. The normalized spacial score (nSPS) is 21.7. The molecule has 3 heterocycles. The lowest BCUT2D eigenvalue weighted by Crippen LogP contribution is -2.34. The van der Waals surface area contributed by atoms with Crippen molar-refractivity contribution in [1.29, 1.82) is 0 Å². The van der Waals surface area contributed by atoms with Gasteiger partial charge < -0.3 is 13.8 Å². The highest BCUT2D eigenvalue weighted by Crippen LogP contribution is 2.34. The first-order valence-electron chi connectivity index (χ1n) is 8.90. The Balaban J connectivity index is 1.38. The van der Waals surface area contributed by atoms with Crippen molar-refractivity contribution in [2.45, 2.75) is 44.1 Å². The number of benzene rings is 1. The van der Waals surface area contributed by atoms with Gasteiger partial charge in [-0.3, -0.25) is 4.79 Å². The van der Waals surface area contributed by atoms with Gasteiger partial charge in [0.05, 0.1) is 5.92 Å². The van der Waals surface area contributed by atoms with E-state index in [1.54, 1.807) is 0 Å². The van der Waals surface area contributed by atoms with Gasteiger partial charge in [-0.2, -0.15) is 4.98 Å². The molecule has 6 nitrogen and oxygen atoms in total. The molecule has 5 rings (SSSR count).